The maximum absolute atomic E-state index is 12.8. The summed E-state index contributed by atoms with van der Waals surface area (Å²) in [5.41, 5.74) is 5.07. The number of methoxy groups -OCH3 is 1. The van der Waals surface area contributed by atoms with Crippen LogP contribution in [0.4, 0.5) is 10.5 Å². The van der Waals surface area contributed by atoms with Gasteiger partial charge in [0.25, 0.3) is 0 Å². The van der Waals surface area contributed by atoms with E-state index in [1.54, 1.807) is 29.5 Å². The van der Waals surface area contributed by atoms with Crippen LogP contribution in [0, 0.1) is 0 Å². The summed E-state index contributed by atoms with van der Waals surface area (Å²) in [6, 6.07) is 13.5. The van der Waals surface area contributed by atoms with Crippen molar-refractivity contribution in [1.29, 1.82) is 0 Å². The highest BCUT2D eigenvalue weighted by Gasteiger charge is 2.15. The maximum Gasteiger partial charge on any atom is 0.328 e. The summed E-state index contributed by atoms with van der Waals surface area (Å²) in [6.45, 7) is 3.64. The quantitative estimate of drug-likeness (QED) is 0.407. The van der Waals surface area contributed by atoms with E-state index in [0.29, 0.717) is 18.8 Å². The molecule has 2 N–H and O–H groups in total. The van der Waals surface area contributed by atoms with Crippen molar-refractivity contribution >= 4 is 33.7 Å². The number of carbonyl (C=O) groups is 1. The number of likely N-dealkylation sites (N-methyl/N-ethyl adjacent to an activating group) is 1. The number of anilines is 1. The van der Waals surface area contributed by atoms with Crippen molar-refractivity contribution in [2.75, 3.05) is 39.7 Å². The Balaban J connectivity index is 1.63. The average Bonchev–Trinajstić information content (AvgIpc) is 3.07. The molecule has 0 aliphatic rings. The van der Waals surface area contributed by atoms with Crippen LogP contribution in [0.1, 0.15) is 6.92 Å². The molecular formula is C26H32N6O3. The molecule has 0 aliphatic carbocycles. The fraction of sp³-hybridized carbons (Fsp3) is 0.346. The highest BCUT2D eigenvalue weighted by atomic mass is 16.5. The lowest BCUT2D eigenvalue weighted by Gasteiger charge is -2.18. The van der Waals surface area contributed by atoms with E-state index in [0.717, 1.165) is 39.6 Å². The molecule has 35 heavy (non-hydrogen) atoms. The lowest BCUT2D eigenvalue weighted by atomic mass is 10.0. The Kier molecular flexibility index (Phi) is 7.18. The van der Waals surface area contributed by atoms with Crippen LogP contribution in [0.3, 0.4) is 0 Å². The first-order valence-electron chi connectivity index (χ1n) is 11.6. The third-order valence-corrected chi connectivity index (χ3v) is 5.98. The van der Waals surface area contributed by atoms with Gasteiger partial charge in [-0.1, -0.05) is 18.2 Å². The van der Waals surface area contributed by atoms with Crippen LogP contribution >= 0.6 is 0 Å². The Morgan fingerprint density at radius 1 is 1.14 bits per heavy atom. The summed E-state index contributed by atoms with van der Waals surface area (Å²) in [7, 11) is 7.33. The van der Waals surface area contributed by atoms with Gasteiger partial charge in [-0.2, -0.15) is 0 Å². The van der Waals surface area contributed by atoms with E-state index in [-0.39, 0.29) is 17.8 Å². The maximum atomic E-state index is 12.8. The minimum atomic E-state index is -0.232. The topological polar surface area (TPSA) is 93.4 Å². The zero-order valence-electron chi connectivity index (χ0n) is 20.8. The normalized spacial score (nSPS) is 12.4. The second-order valence-corrected chi connectivity index (χ2v) is 9.05. The number of nitrogens with one attached hydrogen (secondary N) is 2. The first kappa shape index (κ1) is 24.4. The summed E-state index contributed by atoms with van der Waals surface area (Å²) < 4.78 is 8.59. The third-order valence-electron chi connectivity index (χ3n) is 5.98. The van der Waals surface area contributed by atoms with Crippen molar-refractivity contribution in [3.8, 4) is 11.1 Å². The summed E-state index contributed by atoms with van der Waals surface area (Å²) in [6.07, 6.45) is 1.74. The predicted molar refractivity (Wildman–Crippen MR) is 140 cm³/mol. The number of benzene rings is 2. The van der Waals surface area contributed by atoms with Gasteiger partial charge in [-0.05, 0) is 56.4 Å². The van der Waals surface area contributed by atoms with Gasteiger partial charge in [-0.3, -0.25) is 14.1 Å². The van der Waals surface area contributed by atoms with Crippen LogP contribution in [0.15, 0.2) is 53.5 Å². The van der Waals surface area contributed by atoms with Crippen molar-refractivity contribution < 1.29 is 9.53 Å². The van der Waals surface area contributed by atoms with Gasteiger partial charge >= 0.3 is 11.7 Å². The van der Waals surface area contributed by atoms with E-state index >= 15 is 0 Å². The smallest absolute Gasteiger partial charge is 0.328 e. The van der Waals surface area contributed by atoms with E-state index in [1.165, 1.54) is 0 Å². The molecule has 9 heteroatoms. The fourth-order valence-electron chi connectivity index (χ4n) is 4.38. The molecule has 4 rings (SSSR count). The van der Waals surface area contributed by atoms with E-state index in [1.807, 2.05) is 62.3 Å². The van der Waals surface area contributed by atoms with Gasteiger partial charge in [0.05, 0.1) is 35.9 Å². The molecule has 0 spiro atoms. The van der Waals surface area contributed by atoms with E-state index in [4.69, 9.17) is 4.74 Å². The van der Waals surface area contributed by atoms with Crippen LogP contribution in [0.2, 0.25) is 0 Å². The number of imidazole rings is 1. The lowest BCUT2D eigenvalue weighted by molar-refractivity contribution is 0.187. The number of aromatic nitrogens is 3. The third kappa shape index (κ3) is 5.21. The molecule has 2 aromatic heterocycles. The van der Waals surface area contributed by atoms with Gasteiger partial charge in [-0.15, -0.1) is 0 Å². The van der Waals surface area contributed by atoms with Crippen molar-refractivity contribution in [3.63, 3.8) is 0 Å². The summed E-state index contributed by atoms with van der Waals surface area (Å²) in [5.74, 6) is 0. The highest BCUT2D eigenvalue weighted by Crippen LogP contribution is 2.29. The number of fused-ring (bicyclic) bond motifs is 3. The number of hydrogen-bond donors (Lipinski definition) is 2. The van der Waals surface area contributed by atoms with Gasteiger partial charge < -0.3 is 20.3 Å². The number of urea groups is 1. The van der Waals surface area contributed by atoms with Crippen molar-refractivity contribution in [2.45, 2.75) is 19.5 Å². The molecule has 0 radical (unpaired) electrons. The Hall–Kier alpha value is -3.69. The molecule has 4 aromatic rings. The van der Waals surface area contributed by atoms with Crippen LogP contribution in [-0.4, -0.2) is 65.4 Å². The zero-order valence-corrected chi connectivity index (χ0v) is 20.8. The first-order valence-corrected chi connectivity index (χ1v) is 11.6. The Bertz CT molecular complexity index is 1400. The second-order valence-electron chi connectivity index (χ2n) is 9.05. The molecule has 0 aliphatic heterocycles. The fourth-order valence-corrected chi connectivity index (χ4v) is 4.38. The molecule has 0 saturated heterocycles. The predicted octanol–water partition coefficient (Wildman–Crippen LogP) is 3.27. The minimum absolute atomic E-state index is 0.0339. The van der Waals surface area contributed by atoms with Gasteiger partial charge in [0.1, 0.15) is 0 Å². The number of ether oxygens (including phenoxy) is 1. The van der Waals surface area contributed by atoms with Gasteiger partial charge in [-0.25, -0.2) is 9.59 Å². The molecule has 0 fully saturated rings. The Labute approximate surface area is 204 Å². The Morgan fingerprint density at radius 2 is 1.86 bits per heavy atom. The highest BCUT2D eigenvalue weighted by molar-refractivity contribution is 6.04. The molecule has 9 nitrogen and oxygen atoms in total. The summed E-state index contributed by atoms with van der Waals surface area (Å²) in [5, 5.41) is 6.72. The zero-order chi connectivity index (χ0) is 25.1. The molecular weight excluding hydrogens is 444 g/mol. The van der Waals surface area contributed by atoms with Gasteiger partial charge in [0.2, 0.25) is 0 Å². The van der Waals surface area contributed by atoms with Gasteiger partial charge in [0.15, 0.2) is 0 Å². The number of carbonyl (C=O) groups excluding carboxylic acids is 1. The first-order chi connectivity index (χ1) is 16.8. The van der Waals surface area contributed by atoms with Crippen LogP contribution in [-0.2, 0) is 18.3 Å². The van der Waals surface area contributed by atoms with Crippen LogP contribution in [0.25, 0.3) is 33.1 Å². The molecule has 0 saturated carbocycles. The molecule has 2 heterocycles. The Morgan fingerprint density at radius 3 is 2.54 bits per heavy atom. The number of amides is 2. The van der Waals surface area contributed by atoms with Crippen LogP contribution in [0.5, 0.6) is 0 Å². The molecule has 2 aromatic carbocycles. The number of hydrogen-bond acceptors (Lipinski definition) is 5. The molecule has 2 amide bonds. The van der Waals surface area contributed by atoms with Crippen LogP contribution < -0.4 is 16.3 Å². The number of aryl methyl sites for hydroxylation is 1. The van der Waals surface area contributed by atoms with Crippen molar-refractivity contribution in [1.82, 2.24) is 24.3 Å². The lowest BCUT2D eigenvalue weighted by Crippen LogP contribution is -2.41. The summed E-state index contributed by atoms with van der Waals surface area (Å²) in [4.78, 5) is 31.7. The average molecular weight is 477 g/mol. The number of rotatable bonds is 8. The molecule has 184 valence electrons. The summed E-state index contributed by atoms with van der Waals surface area (Å²) >= 11 is 0. The van der Waals surface area contributed by atoms with E-state index < -0.39 is 0 Å². The van der Waals surface area contributed by atoms with Crippen molar-refractivity contribution in [3.05, 3.63) is 59.1 Å². The molecule has 0 bridgehead atoms. The molecule has 1 atom stereocenters. The van der Waals surface area contributed by atoms with E-state index in [2.05, 4.69) is 21.7 Å². The van der Waals surface area contributed by atoms with Gasteiger partial charge in [0, 0.05) is 37.8 Å². The van der Waals surface area contributed by atoms with E-state index in [9.17, 15) is 9.59 Å². The monoisotopic (exact) mass is 476 g/mol. The minimum Gasteiger partial charge on any atom is -0.383 e. The second kappa shape index (κ2) is 10.3. The van der Waals surface area contributed by atoms with Crippen molar-refractivity contribution in [2.24, 2.45) is 7.05 Å². The SMILES string of the molecule is COCCn1c(=O)n(C)c2cnc3ccc(-c4ccc(NC(=O)NC(C)CN(C)C)cc4)cc3c21. The number of pyridine rings is 1. The molecule has 1 unspecified atom stereocenters. The largest absolute Gasteiger partial charge is 0.383 e. The number of nitrogens with zero attached hydrogens (tertiary/aromatic N) is 4. The standard InChI is InChI=1S/C26H32N6O3/c1-17(16-30(2)3)28-25(33)29-20-9-6-18(7-10-20)19-8-11-22-21(14-19)24-23(15-27-22)31(4)26(34)32(24)12-13-35-5/h6-11,14-15,17H,12-13,16H2,1-5H3,(H2,28,29,33).